The van der Waals surface area contributed by atoms with E-state index in [1.54, 1.807) is 13.0 Å². The van der Waals surface area contributed by atoms with Crippen molar-refractivity contribution in [2.45, 2.75) is 6.92 Å². The third kappa shape index (κ3) is 6.29. The maximum atomic E-state index is 12.5. The maximum absolute atomic E-state index is 12.5. The number of nitrogens with zero attached hydrogens (tertiary/aromatic N) is 1. The lowest BCUT2D eigenvalue weighted by Crippen LogP contribution is -2.13. The molecule has 0 radical (unpaired) electrons. The van der Waals surface area contributed by atoms with E-state index >= 15 is 0 Å². The van der Waals surface area contributed by atoms with E-state index in [2.05, 4.69) is 5.32 Å². The fourth-order valence-corrected chi connectivity index (χ4v) is 2.87. The molecule has 0 aromatic heterocycles. The average Bonchev–Trinajstić information content (AvgIpc) is 2.68. The summed E-state index contributed by atoms with van der Waals surface area (Å²) in [5.74, 6) is -1.61. The van der Waals surface area contributed by atoms with Gasteiger partial charge in [-0.2, -0.15) is 5.26 Å². The summed E-state index contributed by atoms with van der Waals surface area (Å²) in [4.78, 5) is 23.2. The normalized spacial score (nSPS) is 10.8. The monoisotopic (exact) mass is 468 g/mol. The number of nitriles is 1. The Morgan fingerprint density at radius 3 is 2.47 bits per heavy atom. The smallest absolute Gasteiger partial charge is 0.341 e. The van der Waals surface area contributed by atoms with Gasteiger partial charge >= 0.3 is 5.97 Å². The Morgan fingerprint density at radius 1 is 1.13 bits per heavy atom. The second-order valence-electron chi connectivity index (χ2n) is 5.70. The van der Waals surface area contributed by atoms with Gasteiger partial charge in [0.05, 0.1) is 21.7 Å². The van der Waals surface area contributed by atoms with Crippen molar-refractivity contribution in [2.24, 2.45) is 0 Å². The number of carbonyl (C=O) groups excluding carboxylic acids is 1. The highest BCUT2D eigenvalue weighted by Crippen LogP contribution is 2.37. The number of hydrogen-bond acceptors (Lipinski definition) is 5. The highest BCUT2D eigenvalue weighted by atomic mass is 35.5. The Balaban J connectivity index is 2.33. The van der Waals surface area contributed by atoms with E-state index in [0.29, 0.717) is 16.3 Å². The molecule has 2 rings (SSSR count). The van der Waals surface area contributed by atoms with E-state index in [1.807, 2.05) is 6.07 Å². The molecular weight excluding hydrogens is 455 g/mol. The van der Waals surface area contributed by atoms with Crippen LogP contribution in [0.4, 0.5) is 5.69 Å². The molecule has 0 heterocycles. The predicted octanol–water partition coefficient (Wildman–Crippen LogP) is 5.05. The van der Waals surface area contributed by atoms with Gasteiger partial charge in [-0.05, 0) is 48.9 Å². The number of aliphatic carboxylic acids is 1. The molecule has 156 valence electrons. The first kappa shape index (κ1) is 23.4. The number of nitrogens with one attached hydrogen (secondary N) is 1. The van der Waals surface area contributed by atoms with Crippen LogP contribution in [0.25, 0.3) is 6.08 Å². The van der Waals surface area contributed by atoms with Crippen molar-refractivity contribution in [3.8, 4) is 17.6 Å². The quantitative estimate of drug-likeness (QED) is 0.413. The zero-order valence-corrected chi connectivity index (χ0v) is 17.8. The summed E-state index contributed by atoms with van der Waals surface area (Å²) in [6.07, 6.45) is 1.31. The van der Waals surface area contributed by atoms with Crippen molar-refractivity contribution in [1.82, 2.24) is 0 Å². The Bertz CT molecular complexity index is 1050. The number of carboxylic acid groups (broad SMARTS) is 1. The number of rotatable bonds is 8. The minimum atomic E-state index is -1.18. The van der Waals surface area contributed by atoms with Gasteiger partial charge in [0, 0.05) is 5.69 Å². The third-order valence-corrected chi connectivity index (χ3v) is 4.55. The van der Waals surface area contributed by atoms with E-state index in [1.165, 1.54) is 30.3 Å². The van der Waals surface area contributed by atoms with Crippen LogP contribution in [0, 0.1) is 11.3 Å². The van der Waals surface area contributed by atoms with Crippen LogP contribution in [0.1, 0.15) is 12.5 Å². The molecule has 0 aliphatic carbocycles. The highest BCUT2D eigenvalue weighted by Gasteiger charge is 2.16. The molecule has 7 nitrogen and oxygen atoms in total. The number of anilines is 1. The first-order chi connectivity index (χ1) is 14.2. The van der Waals surface area contributed by atoms with E-state index < -0.39 is 18.5 Å². The number of hydrogen-bond donors (Lipinski definition) is 2. The van der Waals surface area contributed by atoms with Crippen molar-refractivity contribution in [3.05, 3.63) is 56.5 Å². The van der Waals surface area contributed by atoms with E-state index in [4.69, 9.17) is 49.4 Å². The number of benzene rings is 2. The van der Waals surface area contributed by atoms with Gasteiger partial charge in [-0.1, -0.05) is 34.8 Å². The van der Waals surface area contributed by atoms with Crippen molar-refractivity contribution in [1.29, 1.82) is 5.26 Å². The maximum Gasteiger partial charge on any atom is 0.341 e. The fourth-order valence-electron chi connectivity index (χ4n) is 2.30. The van der Waals surface area contributed by atoms with Gasteiger partial charge in [0.15, 0.2) is 18.1 Å². The molecule has 0 bridgehead atoms. The molecule has 1 amide bonds. The molecule has 2 aromatic carbocycles. The van der Waals surface area contributed by atoms with Crippen LogP contribution < -0.4 is 14.8 Å². The summed E-state index contributed by atoms with van der Waals surface area (Å²) in [6.45, 7) is 1.38. The molecule has 0 saturated carbocycles. The number of carboxylic acids is 1. The van der Waals surface area contributed by atoms with Crippen LogP contribution >= 0.6 is 34.8 Å². The molecule has 0 unspecified atom stereocenters. The predicted molar refractivity (Wildman–Crippen MR) is 114 cm³/mol. The van der Waals surface area contributed by atoms with Crippen molar-refractivity contribution >= 4 is 58.4 Å². The number of ether oxygens (including phenoxy) is 2. The second kappa shape index (κ2) is 10.7. The molecule has 0 fully saturated rings. The van der Waals surface area contributed by atoms with Crippen LogP contribution in [0.5, 0.6) is 11.5 Å². The van der Waals surface area contributed by atoms with E-state index in [9.17, 15) is 14.9 Å². The third-order valence-electron chi connectivity index (χ3n) is 3.53. The zero-order chi connectivity index (χ0) is 22.3. The molecule has 0 aliphatic rings. The Kier molecular flexibility index (Phi) is 8.36. The summed E-state index contributed by atoms with van der Waals surface area (Å²) in [5, 5.41) is 21.4. The highest BCUT2D eigenvalue weighted by molar-refractivity contribution is 6.42. The molecule has 30 heavy (non-hydrogen) atoms. The SMILES string of the molecule is CCOc1cc(/C=C(\C#N)C(=O)Nc2ccc(Cl)c(Cl)c2)cc(Cl)c1OCC(=O)O. The fraction of sp³-hybridized carbons (Fsp3) is 0.150. The number of amides is 1. The minimum absolute atomic E-state index is 0.0526. The topological polar surface area (TPSA) is 109 Å². The van der Waals surface area contributed by atoms with Crippen molar-refractivity contribution in [2.75, 3.05) is 18.5 Å². The summed E-state index contributed by atoms with van der Waals surface area (Å²) in [7, 11) is 0. The van der Waals surface area contributed by atoms with Gasteiger partial charge in [-0.3, -0.25) is 4.79 Å². The Morgan fingerprint density at radius 2 is 1.87 bits per heavy atom. The molecule has 0 aliphatic heterocycles. The van der Waals surface area contributed by atoms with Crippen LogP contribution in [-0.2, 0) is 9.59 Å². The van der Waals surface area contributed by atoms with Gasteiger partial charge in [0.2, 0.25) is 0 Å². The Hall–Kier alpha value is -2.92. The lowest BCUT2D eigenvalue weighted by molar-refractivity contribution is -0.139. The molecule has 2 N–H and O–H groups in total. The number of carbonyl (C=O) groups is 2. The van der Waals surface area contributed by atoms with Crippen LogP contribution in [0.3, 0.4) is 0 Å². The summed E-state index contributed by atoms with van der Waals surface area (Å²) < 4.78 is 10.6. The van der Waals surface area contributed by atoms with Gasteiger partial charge < -0.3 is 19.9 Å². The zero-order valence-electron chi connectivity index (χ0n) is 15.5. The summed E-state index contributed by atoms with van der Waals surface area (Å²) in [5.41, 5.74) is 0.534. The molecule has 0 atom stereocenters. The summed E-state index contributed by atoms with van der Waals surface area (Å²) >= 11 is 18.0. The molecule has 10 heteroatoms. The molecular formula is C20H15Cl3N2O5. The largest absolute Gasteiger partial charge is 0.490 e. The average molecular weight is 470 g/mol. The van der Waals surface area contributed by atoms with Crippen LogP contribution in [0.15, 0.2) is 35.9 Å². The lowest BCUT2D eigenvalue weighted by atomic mass is 10.1. The van der Waals surface area contributed by atoms with Gasteiger partial charge in [-0.15, -0.1) is 0 Å². The van der Waals surface area contributed by atoms with Crippen LogP contribution in [-0.4, -0.2) is 30.2 Å². The van der Waals surface area contributed by atoms with Crippen LogP contribution in [0.2, 0.25) is 15.1 Å². The first-order valence-corrected chi connectivity index (χ1v) is 9.57. The second-order valence-corrected chi connectivity index (χ2v) is 6.92. The van der Waals surface area contributed by atoms with E-state index in [0.717, 1.165) is 0 Å². The first-order valence-electron chi connectivity index (χ1n) is 8.44. The van der Waals surface area contributed by atoms with Crippen molar-refractivity contribution in [3.63, 3.8) is 0 Å². The molecule has 0 spiro atoms. The lowest BCUT2D eigenvalue weighted by Gasteiger charge is -2.13. The van der Waals surface area contributed by atoms with Gasteiger partial charge in [-0.25, -0.2) is 4.79 Å². The Labute approximate surface area is 187 Å². The van der Waals surface area contributed by atoms with E-state index in [-0.39, 0.29) is 33.7 Å². The molecule has 2 aromatic rings. The van der Waals surface area contributed by atoms with Gasteiger partial charge in [0.25, 0.3) is 5.91 Å². The standard InChI is InChI=1S/C20H15Cl3N2O5/c1-2-29-17-7-11(6-16(23)19(17)30-10-18(26)27)5-12(9-24)20(28)25-13-3-4-14(21)15(22)8-13/h3-8H,2,10H2,1H3,(H,25,28)(H,26,27)/b12-5+. The number of halogens is 3. The van der Waals surface area contributed by atoms with Crippen molar-refractivity contribution < 1.29 is 24.2 Å². The minimum Gasteiger partial charge on any atom is -0.490 e. The van der Waals surface area contributed by atoms with Gasteiger partial charge in [0.1, 0.15) is 11.6 Å². The molecule has 0 saturated heterocycles. The summed E-state index contributed by atoms with van der Waals surface area (Å²) in [6, 6.07) is 9.23.